The van der Waals surface area contributed by atoms with Gasteiger partial charge in [0.15, 0.2) is 6.61 Å². The van der Waals surface area contributed by atoms with E-state index in [1.165, 1.54) is 12.1 Å². The summed E-state index contributed by atoms with van der Waals surface area (Å²) in [6, 6.07) is 6.12. The largest absolute Gasteiger partial charge is 0.484 e. The molecule has 1 amide bonds. The van der Waals surface area contributed by atoms with E-state index in [4.69, 9.17) is 0 Å². The molecule has 0 saturated carbocycles. The number of rotatable bonds is 7. The Bertz CT molecular complexity index is 666. The van der Waals surface area contributed by atoms with Crippen LogP contribution in [0, 0.1) is 6.92 Å². The highest BCUT2D eigenvalue weighted by molar-refractivity contribution is 5.75. The van der Waals surface area contributed by atoms with E-state index in [1.807, 2.05) is 13.1 Å². The third kappa shape index (κ3) is 6.31. The average Bonchev–Trinajstić information content (AvgIpc) is 2.95. The molecule has 0 aliphatic carbocycles. The second kappa shape index (κ2) is 7.85. The van der Waals surface area contributed by atoms with Gasteiger partial charge in [-0.15, -0.1) is 0 Å². The van der Waals surface area contributed by atoms with E-state index in [2.05, 4.69) is 15.2 Å². The summed E-state index contributed by atoms with van der Waals surface area (Å²) in [6.07, 6.45) is -0.485. The lowest BCUT2D eigenvalue weighted by Crippen LogP contribution is -2.24. The van der Waals surface area contributed by atoms with Crippen LogP contribution in [0.4, 0.5) is 13.2 Å². The molecule has 0 bridgehead atoms. The number of hydrogen-bond acceptors (Lipinski definition) is 3. The van der Waals surface area contributed by atoms with Gasteiger partial charge < -0.3 is 10.1 Å². The number of aryl methyl sites for hydroxylation is 2. The van der Waals surface area contributed by atoms with Crippen molar-refractivity contribution in [1.82, 2.24) is 15.1 Å². The Hall–Kier alpha value is -2.51. The Morgan fingerprint density at radius 1 is 1.29 bits per heavy atom. The number of halogens is 3. The molecule has 5 nitrogen and oxygen atoms in total. The molecule has 0 fully saturated rings. The van der Waals surface area contributed by atoms with Crippen molar-refractivity contribution in [2.24, 2.45) is 0 Å². The monoisotopic (exact) mass is 341 g/mol. The number of nitrogens with zero attached hydrogens (tertiary/aromatic N) is 2. The summed E-state index contributed by atoms with van der Waals surface area (Å²) in [6.45, 7) is 1.39. The first-order valence-electron chi connectivity index (χ1n) is 7.36. The minimum atomic E-state index is -4.36. The smallest absolute Gasteiger partial charge is 0.422 e. The third-order valence-electron chi connectivity index (χ3n) is 3.15. The highest BCUT2D eigenvalue weighted by Gasteiger charge is 2.28. The molecule has 0 atom stereocenters. The molecule has 0 spiro atoms. The average molecular weight is 341 g/mol. The second-order valence-electron chi connectivity index (χ2n) is 5.36. The van der Waals surface area contributed by atoms with Crippen molar-refractivity contribution >= 4 is 5.91 Å². The van der Waals surface area contributed by atoms with Crippen LogP contribution in [0.3, 0.4) is 0 Å². The summed E-state index contributed by atoms with van der Waals surface area (Å²) in [4.78, 5) is 11.8. The van der Waals surface area contributed by atoms with Crippen LogP contribution in [0.1, 0.15) is 17.5 Å². The minimum Gasteiger partial charge on any atom is -0.484 e. The van der Waals surface area contributed by atoms with E-state index in [0.29, 0.717) is 19.5 Å². The molecular formula is C16H18F3N3O2. The first-order chi connectivity index (χ1) is 11.3. The standard InChI is InChI=1S/C16H18F3N3O2/c1-12-8-21-22(10-12)7-6-15(23)20-9-13-2-4-14(5-3-13)24-11-16(17,18)19/h2-5,8,10H,6-7,9,11H2,1H3,(H,20,23). The third-order valence-corrected chi connectivity index (χ3v) is 3.15. The quantitative estimate of drug-likeness (QED) is 0.842. The van der Waals surface area contributed by atoms with Gasteiger partial charge in [-0.1, -0.05) is 12.1 Å². The summed E-state index contributed by atoms with van der Waals surface area (Å²) in [5.41, 5.74) is 1.81. The second-order valence-corrected chi connectivity index (χ2v) is 5.36. The molecule has 1 aromatic heterocycles. The zero-order chi connectivity index (χ0) is 17.6. The number of ether oxygens (including phenoxy) is 1. The number of hydrogen-bond donors (Lipinski definition) is 1. The van der Waals surface area contributed by atoms with Gasteiger partial charge in [-0.25, -0.2) is 0 Å². The summed E-state index contributed by atoms with van der Waals surface area (Å²) in [5.74, 6) is 0.0111. The van der Waals surface area contributed by atoms with Crippen LogP contribution in [0.15, 0.2) is 36.7 Å². The Morgan fingerprint density at radius 3 is 2.58 bits per heavy atom. The SMILES string of the molecule is Cc1cnn(CCC(=O)NCc2ccc(OCC(F)(F)F)cc2)c1. The number of carbonyl (C=O) groups excluding carboxylic acids is 1. The topological polar surface area (TPSA) is 56.2 Å². The van der Waals surface area contributed by atoms with Crippen LogP contribution in [-0.2, 0) is 17.9 Å². The van der Waals surface area contributed by atoms with E-state index in [0.717, 1.165) is 11.1 Å². The zero-order valence-corrected chi connectivity index (χ0v) is 13.1. The lowest BCUT2D eigenvalue weighted by atomic mass is 10.2. The summed E-state index contributed by atoms with van der Waals surface area (Å²) in [7, 11) is 0. The van der Waals surface area contributed by atoms with Gasteiger partial charge in [-0.2, -0.15) is 18.3 Å². The van der Waals surface area contributed by atoms with E-state index >= 15 is 0 Å². The first kappa shape index (κ1) is 17.8. The van der Waals surface area contributed by atoms with Crippen LogP contribution in [0.2, 0.25) is 0 Å². The van der Waals surface area contributed by atoms with Gasteiger partial charge in [-0.3, -0.25) is 9.48 Å². The van der Waals surface area contributed by atoms with Crippen LogP contribution < -0.4 is 10.1 Å². The lowest BCUT2D eigenvalue weighted by molar-refractivity contribution is -0.153. The minimum absolute atomic E-state index is 0.124. The number of amides is 1. The van der Waals surface area contributed by atoms with Crippen molar-refractivity contribution in [3.63, 3.8) is 0 Å². The predicted molar refractivity (Wildman–Crippen MR) is 81.4 cm³/mol. The molecule has 1 aromatic carbocycles. The molecule has 0 aliphatic heterocycles. The van der Waals surface area contributed by atoms with Crippen molar-refractivity contribution in [2.45, 2.75) is 32.6 Å². The highest BCUT2D eigenvalue weighted by atomic mass is 19.4. The predicted octanol–water partition coefficient (Wildman–Crippen LogP) is 2.84. The number of aromatic nitrogens is 2. The summed E-state index contributed by atoms with van der Waals surface area (Å²) < 4.78 is 42.5. The molecule has 0 aliphatic rings. The fourth-order valence-corrected chi connectivity index (χ4v) is 1.96. The summed E-state index contributed by atoms with van der Waals surface area (Å²) >= 11 is 0. The maximum absolute atomic E-state index is 12.0. The molecule has 8 heteroatoms. The van der Waals surface area contributed by atoms with Gasteiger partial charge in [0.25, 0.3) is 0 Å². The fourth-order valence-electron chi connectivity index (χ4n) is 1.96. The number of nitrogens with one attached hydrogen (secondary N) is 1. The molecule has 0 radical (unpaired) electrons. The molecule has 2 rings (SSSR count). The Labute approximate surface area is 137 Å². The summed E-state index contributed by atoms with van der Waals surface area (Å²) in [5, 5.41) is 6.84. The highest BCUT2D eigenvalue weighted by Crippen LogP contribution is 2.18. The zero-order valence-electron chi connectivity index (χ0n) is 13.1. The van der Waals surface area contributed by atoms with Crippen LogP contribution >= 0.6 is 0 Å². The number of carbonyl (C=O) groups is 1. The van der Waals surface area contributed by atoms with Gasteiger partial charge in [-0.05, 0) is 30.2 Å². The first-order valence-corrected chi connectivity index (χ1v) is 7.36. The Morgan fingerprint density at radius 2 is 2.00 bits per heavy atom. The molecule has 2 aromatic rings. The Kier molecular flexibility index (Phi) is 5.83. The van der Waals surface area contributed by atoms with Crippen molar-refractivity contribution in [3.8, 4) is 5.75 Å². The van der Waals surface area contributed by atoms with Crippen molar-refractivity contribution in [1.29, 1.82) is 0 Å². The van der Waals surface area contributed by atoms with Gasteiger partial charge in [0.1, 0.15) is 5.75 Å². The maximum atomic E-state index is 12.0. The fraction of sp³-hybridized carbons (Fsp3) is 0.375. The van der Waals surface area contributed by atoms with E-state index in [-0.39, 0.29) is 11.7 Å². The number of alkyl halides is 3. The molecule has 1 heterocycles. The van der Waals surface area contributed by atoms with Crippen LogP contribution in [0.5, 0.6) is 5.75 Å². The van der Waals surface area contributed by atoms with Crippen LogP contribution in [-0.4, -0.2) is 28.5 Å². The molecule has 0 unspecified atom stereocenters. The van der Waals surface area contributed by atoms with Crippen molar-refractivity contribution < 1.29 is 22.7 Å². The van der Waals surface area contributed by atoms with E-state index in [1.54, 1.807) is 23.0 Å². The van der Waals surface area contributed by atoms with E-state index in [9.17, 15) is 18.0 Å². The van der Waals surface area contributed by atoms with Crippen LogP contribution in [0.25, 0.3) is 0 Å². The lowest BCUT2D eigenvalue weighted by Gasteiger charge is -2.10. The number of benzene rings is 1. The molecule has 24 heavy (non-hydrogen) atoms. The maximum Gasteiger partial charge on any atom is 0.422 e. The molecular weight excluding hydrogens is 323 g/mol. The molecule has 0 saturated heterocycles. The Balaban J connectivity index is 1.72. The van der Waals surface area contributed by atoms with Crippen molar-refractivity contribution in [3.05, 3.63) is 47.8 Å². The van der Waals surface area contributed by atoms with Gasteiger partial charge in [0.05, 0.1) is 6.20 Å². The van der Waals surface area contributed by atoms with Crippen molar-refractivity contribution in [2.75, 3.05) is 6.61 Å². The molecule has 1 N–H and O–H groups in total. The normalized spacial score (nSPS) is 11.3. The van der Waals surface area contributed by atoms with E-state index < -0.39 is 12.8 Å². The van der Waals surface area contributed by atoms with Gasteiger partial charge in [0.2, 0.25) is 5.91 Å². The van der Waals surface area contributed by atoms with Gasteiger partial charge >= 0.3 is 6.18 Å². The van der Waals surface area contributed by atoms with Gasteiger partial charge in [0, 0.05) is 25.7 Å². The molecule has 130 valence electrons.